The van der Waals surface area contributed by atoms with E-state index in [0.29, 0.717) is 28.3 Å². The van der Waals surface area contributed by atoms with Crippen molar-refractivity contribution in [1.29, 1.82) is 0 Å². The van der Waals surface area contributed by atoms with Gasteiger partial charge in [0.15, 0.2) is 0 Å². The van der Waals surface area contributed by atoms with Crippen LogP contribution in [0.25, 0.3) is 33.4 Å². The third-order valence-electron chi connectivity index (χ3n) is 5.51. The smallest absolute Gasteiger partial charge is 0.268 e. The monoisotopic (exact) mass is 455 g/mol. The Morgan fingerprint density at radius 2 is 1.58 bits per heavy atom. The molecule has 5 aromatic rings. The molecule has 164 valence electrons. The Balaban J connectivity index is 1.70. The van der Waals surface area contributed by atoms with Crippen molar-refractivity contribution >= 4 is 20.9 Å². The highest BCUT2D eigenvalue weighted by Gasteiger charge is 2.24. The summed E-state index contributed by atoms with van der Waals surface area (Å²) < 4.78 is 33.9. The maximum Gasteiger partial charge on any atom is 0.268 e. The normalized spacial score (nSPS) is 11.6. The van der Waals surface area contributed by atoms with Gasteiger partial charge < -0.3 is 4.74 Å². The Morgan fingerprint density at radius 3 is 2.30 bits per heavy atom. The summed E-state index contributed by atoms with van der Waals surface area (Å²) in [4.78, 5) is 9.49. The molecule has 2 aromatic heterocycles. The van der Waals surface area contributed by atoms with Gasteiger partial charge in [-0.25, -0.2) is 22.4 Å². The number of hydrogen-bond donors (Lipinski definition) is 0. The van der Waals surface area contributed by atoms with Crippen LogP contribution in [0.2, 0.25) is 0 Å². The molecule has 2 heterocycles. The lowest BCUT2D eigenvalue weighted by atomic mass is 10.1. The second kappa shape index (κ2) is 8.18. The molecule has 0 aliphatic heterocycles. The van der Waals surface area contributed by atoms with E-state index in [1.165, 1.54) is 11.1 Å². The number of methoxy groups -OCH3 is 1. The lowest BCUT2D eigenvalue weighted by Crippen LogP contribution is -2.11. The van der Waals surface area contributed by atoms with E-state index in [2.05, 4.69) is 9.97 Å². The van der Waals surface area contributed by atoms with E-state index in [1.807, 2.05) is 55.5 Å². The van der Waals surface area contributed by atoms with Crippen LogP contribution in [-0.2, 0) is 10.0 Å². The average molecular weight is 456 g/mol. The number of fused-ring (bicyclic) bond motifs is 1. The maximum atomic E-state index is 13.5. The number of aryl methyl sites for hydroxylation is 1. The molecule has 3 aromatic carbocycles. The van der Waals surface area contributed by atoms with Gasteiger partial charge in [0.05, 0.1) is 29.4 Å². The quantitative estimate of drug-likeness (QED) is 0.359. The Hall–Kier alpha value is -3.97. The zero-order valence-corrected chi connectivity index (χ0v) is 19.0. The van der Waals surface area contributed by atoms with Crippen LogP contribution in [0.1, 0.15) is 5.56 Å². The van der Waals surface area contributed by atoms with Crippen LogP contribution in [0.4, 0.5) is 0 Å². The number of aromatic nitrogens is 3. The van der Waals surface area contributed by atoms with Gasteiger partial charge in [0.1, 0.15) is 5.69 Å². The largest absolute Gasteiger partial charge is 0.479 e. The minimum absolute atomic E-state index is 0.220. The van der Waals surface area contributed by atoms with Crippen LogP contribution in [0.5, 0.6) is 5.88 Å². The Morgan fingerprint density at radius 1 is 0.879 bits per heavy atom. The first kappa shape index (κ1) is 20.9. The highest BCUT2D eigenvalue weighted by Crippen LogP contribution is 2.36. The van der Waals surface area contributed by atoms with E-state index in [4.69, 9.17) is 4.74 Å². The molecule has 0 amide bonds. The molecule has 0 saturated carbocycles. The van der Waals surface area contributed by atoms with Crippen LogP contribution < -0.4 is 4.74 Å². The van der Waals surface area contributed by atoms with E-state index < -0.39 is 10.0 Å². The van der Waals surface area contributed by atoms with Crippen molar-refractivity contribution < 1.29 is 13.2 Å². The molecule has 33 heavy (non-hydrogen) atoms. The first-order valence-corrected chi connectivity index (χ1v) is 11.8. The molecule has 0 saturated heterocycles. The summed E-state index contributed by atoms with van der Waals surface area (Å²) in [5.74, 6) is 0.326. The Labute approximate surface area is 192 Å². The SMILES string of the molecule is COc1nc(-c2ccccc2)cnc1-c1cn(S(=O)(=O)c2ccc(C)cc2)c2ccccc12. The van der Waals surface area contributed by atoms with Gasteiger partial charge in [-0.3, -0.25) is 0 Å². The molecule has 0 aliphatic rings. The third-order valence-corrected chi connectivity index (χ3v) is 7.20. The summed E-state index contributed by atoms with van der Waals surface area (Å²) in [7, 11) is -2.28. The van der Waals surface area contributed by atoms with Crippen molar-refractivity contribution in [3.05, 3.63) is 96.8 Å². The topological polar surface area (TPSA) is 74.1 Å². The lowest BCUT2D eigenvalue weighted by Gasteiger charge is -2.08. The van der Waals surface area contributed by atoms with Gasteiger partial charge in [-0.05, 0) is 25.1 Å². The standard InChI is InChI=1S/C26H21N3O3S/c1-18-12-14-20(15-13-18)33(30,31)29-17-22(21-10-6-7-11-24(21)29)25-26(32-2)28-23(16-27-25)19-8-4-3-5-9-19/h3-17H,1-2H3. The second-order valence-electron chi connectivity index (χ2n) is 7.65. The average Bonchev–Trinajstić information content (AvgIpc) is 3.25. The molecule has 6 nitrogen and oxygen atoms in total. The molecule has 5 rings (SSSR count). The predicted octanol–water partition coefficient (Wildman–Crippen LogP) is 5.32. The van der Waals surface area contributed by atoms with E-state index in [1.54, 1.807) is 42.7 Å². The van der Waals surface area contributed by atoms with Crippen molar-refractivity contribution in [2.45, 2.75) is 11.8 Å². The lowest BCUT2D eigenvalue weighted by molar-refractivity contribution is 0.398. The van der Waals surface area contributed by atoms with Crippen molar-refractivity contribution in [3.63, 3.8) is 0 Å². The highest BCUT2D eigenvalue weighted by atomic mass is 32.2. The van der Waals surface area contributed by atoms with E-state index >= 15 is 0 Å². The molecular formula is C26H21N3O3S. The van der Waals surface area contributed by atoms with Gasteiger partial charge in [0, 0.05) is 22.7 Å². The van der Waals surface area contributed by atoms with E-state index in [9.17, 15) is 8.42 Å². The fourth-order valence-electron chi connectivity index (χ4n) is 3.81. The van der Waals surface area contributed by atoms with Gasteiger partial charge in [0.25, 0.3) is 10.0 Å². The van der Waals surface area contributed by atoms with Crippen LogP contribution in [0.15, 0.2) is 96.2 Å². The third kappa shape index (κ3) is 3.66. The van der Waals surface area contributed by atoms with Gasteiger partial charge >= 0.3 is 0 Å². The molecule has 0 radical (unpaired) electrons. The second-order valence-corrected chi connectivity index (χ2v) is 9.47. The van der Waals surface area contributed by atoms with Crippen molar-refractivity contribution in [2.75, 3.05) is 7.11 Å². The Kier molecular flexibility index (Phi) is 5.18. The number of para-hydroxylation sites is 1. The van der Waals surface area contributed by atoms with Gasteiger partial charge in [-0.1, -0.05) is 66.2 Å². The molecule has 0 atom stereocenters. The predicted molar refractivity (Wildman–Crippen MR) is 129 cm³/mol. The number of hydrogen-bond acceptors (Lipinski definition) is 5. The van der Waals surface area contributed by atoms with Crippen molar-refractivity contribution in [3.8, 4) is 28.4 Å². The summed E-state index contributed by atoms with van der Waals surface area (Å²) in [5, 5.41) is 0.744. The van der Waals surface area contributed by atoms with Crippen LogP contribution in [0.3, 0.4) is 0 Å². The molecule has 0 unspecified atom stereocenters. The molecule has 0 spiro atoms. The minimum atomic E-state index is -3.81. The maximum absolute atomic E-state index is 13.5. The summed E-state index contributed by atoms with van der Waals surface area (Å²) >= 11 is 0. The Bertz CT molecular complexity index is 1560. The van der Waals surface area contributed by atoms with Gasteiger partial charge in [0.2, 0.25) is 5.88 Å². The zero-order valence-electron chi connectivity index (χ0n) is 18.1. The molecule has 0 aliphatic carbocycles. The molecule has 7 heteroatoms. The minimum Gasteiger partial charge on any atom is -0.479 e. The summed E-state index contributed by atoms with van der Waals surface area (Å²) in [5.41, 5.74) is 4.25. The first-order chi connectivity index (χ1) is 16.0. The van der Waals surface area contributed by atoms with E-state index in [-0.39, 0.29) is 4.90 Å². The summed E-state index contributed by atoms with van der Waals surface area (Å²) in [6.07, 6.45) is 3.27. The number of nitrogens with zero attached hydrogens (tertiary/aromatic N) is 3. The summed E-state index contributed by atoms with van der Waals surface area (Å²) in [6, 6.07) is 23.8. The molecule has 0 bridgehead atoms. The number of ether oxygens (including phenoxy) is 1. The summed E-state index contributed by atoms with van der Waals surface area (Å²) in [6.45, 7) is 1.92. The fraction of sp³-hybridized carbons (Fsp3) is 0.0769. The van der Waals surface area contributed by atoms with Crippen LogP contribution >= 0.6 is 0 Å². The molecule has 0 fully saturated rings. The van der Waals surface area contributed by atoms with Gasteiger partial charge in [-0.15, -0.1) is 0 Å². The molecule has 0 N–H and O–H groups in total. The van der Waals surface area contributed by atoms with Crippen molar-refractivity contribution in [1.82, 2.24) is 13.9 Å². The van der Waals surface area contributed by atoms with Gasteiger partial charge in [-0.2, -0.15) is 0 Å². The fourth-order valence-corrected chi connectivity index (χ4v) is 5.18. The van der Waals surface area contributed by atoms with Crippen LogP contribution in [0, 0.1) is 6.92 Å². The van der Waals surface area contributed by atoms with Crippen LogP contribution in [-0.4, -0.2) is 29.5 Å². The van der Waals surface area contributed by atoms with E-state index in [0.717, 1.165) is 16.5 Å². The first-order valence-electron chi connectivity index (χ1n) is 10.4. The number of benzene rings is 3. The zero-order chi connectivity index (χ0) is 23.0. The van der Waals surface area contributed by atoms with Crippen molar-refractivity contribution in [2.24, 2.45) is 0 Å². The molecular weight excluding hydrogens is 434 g/mol. The number of rotatable bonds is 5. The highest BCUT2D eigenvalue weighted by molar-refractivity contribution is 7.90.